The van der Waals surface area contributed by atoms with Crippen LogP contribution in [0.3, 0.4) is 0 Å². The third kappa shape index (κ3) is 14.7. The SMILES string of the molecule is Cc1cc(C2CCC(=O)CC2)cc2c1CNC(=O)N2C.Cc1cc(C2CCCN(C)CC2)cc2c1CNC(=O)N2C.Cc1cc(C2CCNC(=O)CC2)cc2c1CNC(=O)N2C.[B]C1CCCO1.[B]C1CCCO1. The molecule has 5 fully saturated rings. The topological polar surface area (TPSA) is 165 Å². The van der Waals surface area contributed by atoms with Crippen molar-refractivity contribution in [2.24, 2.45) is 0 Å². The number of Topliss-reactive ketones (excluding diaryl/α,β-unsaturated/α-hetero) is 1. The van der Waals surface area contributed by atoms with Crippen LogP contribution in [0.4, 0.5) is 31.4 Å². The third-order valence-corrected chi connectivity index (χ3v) is 16.0. The minimum atomic E-state index is -0.0586. The quantitative estimate of drug-likeness (QED) is 0.190. The lowest BCUT2D eigenvalue weighted by Gasteiger charge is -2.30. The summed E-state index contributed by atoms with van der Waals surface area (Å²) in [4.78, 5) is 65.8. The first-order valence-corrected chi connectivity index (χ1v) is 27.1. The highest BCUT2D eigenvalue weighted by Crippen LogP contribution is 2.38. The van der Waals surface area contributed by atoms with Crippen molar-refractivity contribution < 1.29 is 33.4 Å². The molecule has 0 bridgehead atoms. The van der Waals surface area contributed by atoms with Gasteiger partial charge in [0, 0.05) is 91.8 Å². The number of nitrogens with one attached hydrogen (secondary N) is 4. The zero-order valence-corrected chi connectivity index (χ0v) is 45.2. The zero-order valence-electron chi connectivity index (χ0n) is 45.2. The molecule has 1 aliphatic carbocycles. The molecule has 74 heavy (non-hydrogen) atoms. The summed E-state index contributed by atoms with van der Waals surface area (Å²) in [7, 11) is 18.3. The molecule has 4 radical (unpaired) electrons. The van der Waals surface area contributed by atoms with E-state index in [4.69, 9.17) is 25.2 Å². The van der Waals surface area contributed by atoms with Crippen LogP contribution < -0.4 is 36.0 Å². The van der Waals surface area contributed by atoms with Crippen molar-refractivity contribution in [3.8, 4) is 0 Å². The number of amides is 7. The van der Waals surface area contributed by atoms with E-state index in [9.17, 15) is 24.0 Å². The van der Waals surface area contributed by atoms with Crippen molar-refractivity contribution in [2.45, 2.75) is 160 Å². The second kappa shape index (κ2) is 26.4. The van der Waals surface area contributed by atoms with Crippen LogP contribution >= 0.6 is 0 Å². The van der Waals surface area contributed by atoms with E-state index in [1.165, 1.54) is 75.9 Å². The number of carbonyl (C=O) groups is 5. The lowest BCUT2D eigenvalue weighted by Crippen LogP contribution is -2.42. The van der Waals surface area contributed by atoms with E-state index in [-0.39, 0.29) is 36.0 Å². The Hall–Kier alpha value is -5.38. The first-order chi connectivity index (χ1) is 35.5. The van der Waals surface area contributed by atoms with Gasteiger partial charge in [0.15, 0.2) is 0 Å². The van der Waals surface area contributed by atoms with Crippen molar-refractivity contribution in [1.82, 2.24) is 26.2 Å². The Labute approximate surface area is 442 Å². The molecule has 4 unspecified atom stereocenters. The second-order valence-corrected chi connectivity index (χ2v) is 21.4. The maximum Gasteiger partial charge on any atom is 0.321 e. The number of hydrogen-bond donors (Lipinski definition) is 4. The van der Waals surface area contributed by atoms with Gasteiger partial charge in [0.2, 0.25) is 5.91 Å². The Kier molecular flexibility index (Phi) is 20.1. The molecule has 17 heteroatoms. The Morgan fingerprint density at radius 3 is 1.27 bits per heavy atom. The number of aryl methyl sites for hydroxylation is 3. The molecule has 396 valence electrons. The highest BCUT2D eigenvalue weighted by molar-refractivity contribution is 6.11. The normalized spacial score (nSPS) is 23.9. The number of hydrogen-bond acceptors (Lipinski definition) is 8. The van der Waals surface area contributed by atoms with Gasteiger partial charge >= 0.3 is 18.1 Å². The van der Waals surface area contributed by atoms with Crippen molar-refractivity contribution in [3.63, 3.8) is 0 Å². The number of carbonyl (C=O) groups excluding carboxylic acids is 5. The van der Waals surface area contributed by atoms with E-state index in [1.54, 1.807) is 28.8 Å². The van der Waals surface area contributed by atoms with E-state index in [2.05, 4.69) is 90.4 Å². The molecule has 7 amide bonds. The molecule has 1 saturated carbocycles. The molecule has 7 aliphatic heterocycles. The second-order valence-electron chi connectivity index (χ2n) is 21.4. The van der Waals surface area contributed by atoms with Crippen molar-refractivity contribution in [2.75, 3.05) is 75.7 Å². The Bertz CT molecular complexity index is 2450. The van der Waals surface area contributed by atoms with Crippen LogP contribution in [-0.2, 0) is 38.7 Å². The van der Waals surface area contributed by atoms with Gasteiger partial charge in [0.1, 0.15) is 21.5 Å². The fraction of sp³-hybridized carbons (Fsp3) is 0.596. The maximum atomic E-state index is 11.9. The van der Waals surface area contributed by atoms with Crippen LogP contribution in [-0.4, -0.2) is 123 Å². The van der Waals surface area contributed by atoms with Gasteiger partial charge in [-0.2, -0.15) is 0 Å². The lowest BCUT2D eigenvalue weighted by molar-refractivity contribution is -0.121. The van der Waals surface area contributed by atoms with E-state index < -0.39 is 0 Å². The average molecular weight is 1010 g/mol. The van der Waals surface area contributed by atoms with Crippen LogP contribution in [0, 0.1) is 20.8 Å². The molecule has 3 aromatic rings. The van der Waals surface area contributed by atoms with Gasteiger partial charge in [0.25, 0.3) is 0 Å². The molecule has 0 spiro atoms. The van der Waals surface area contributed by atoms with Crippen LogP contribution in [0.1, 0.15) is 158 Å². The maximum absolute atomic E-state index is 11.9. The van der Waals surface area contributed by atoms with Gasteiger partial charge in [0.05, 0.1) is 17.1 Å². The van der Waals surface area contributed by atoms with Gasteiger partial charge in [-0.15, -0.1) is 0 Å². The average Bonchev–Trinajstić information content (AvgIpc) is 3.96. The van der Waals surface area contributed by atoms with Crippen LogP contribution in [0.15, 0.2) is 36.4 Å². The largest absolute Gasteiger partial charge is 0.388 e. The molecular formula is C57H80B2N8O7. The molecular weight excluding hydrogens is 930 g/mol. The summed E-state index contributed by atoms with van der Waals surface area (Å²) in [5.74, 6) is 1.98. The number of likely N-dealkylation sites (tertiary alicyclic amines) is 1. The van der Waals surface area contributed by atoms with Gasteiger partial charge < -0.3 is 35.6 Å². The van der Waals surface area contributed by atoms with Gasteiger partial charge in [-0.3, -0.25) is 24.3 Å². The molecule has 4 N–H and O–H groups in total. The van der Waals surface area contributed by atoms with Crippen molar-refractivity contribution >= 4 is 62.5 Å². The van der Waals surface area contributed by atoms with Gasteiger partial charge in [-0.1, -0.05) is 18.2 Å². The summed E-state index contributed by atoms with van der Waals surface area (Å²) in [6, 6.07) is 13.3. The number of ether oxygens (including phenoxy) is 2. The van der Waals surface area contributed by atoms with E-state index >= 15 is 0 Å². The Morgan fingerprint density at radius 2 is 0.878 bits per heavy atom. The standard InChI is InChI=1S/C17H25N3O.C16H21N3O2.C16H20N2O2.2C4H7BO/c1-12-9-14(13-5-4-7-19(2)8-6-13)10-16-15(12)11-18-17(21)20(16)3;1-10-7-12(11-3-4-15(20)17-6-5-11)8-14-13(10)9-18-16(21)19(14)2;1-10-7-12(11-3-5-13(19)6-4-11)8-15-14(10)9-17-16(20)18(15)2;2*5-4-2-1-3-6-4/h9-10,13H,4-8,11H2,1-3H3,(H,18,21);7-8,11H,3-6,9H2,1-2H3,(H,17,20)(H,18,21);7-8,11H,3-6,9H2,1-2H3,(H,17,20);2*4H,1-3H2. The van der Waals surface area contributed by atoms with Crippen LogP contribution in [0.25, 0.3) is 0 Å². The fourth-order valence-corrected chi connectivity index (χ4v) is 11.3. The van der Waals surface area contributed by atoms with Gasteiger partial charge in [-0.05, 0) is 198 Å². The zero-order chi connectivity index (χ0) is 53.1. The minimum Gasteiger partial charge on any atom is -0.388 e. The number of nitrogens with zero attached hydrogens (tertiary/aromatic N) is 4. The number of ketones is 1. The summed E-state index contributed by atoms with van der Waals surface area (Å²) < 4.78 is 9.86. The molecule has 4 saturated heterocycles. The minimum absolute atomic E-state index is 0.000324. The highest BCUT2D eigenvalue weighted by Gasteiger charge is 2.29. The van der Waals surface area contributed by atoms with E-state index in [1.807, 2.05) is 7.05 Å². The van der Waals surface area contributed by atoms with Crippen molar-refractivity contribution in [3.05, 3.63) is 86.5 Å². The van der Waals surface area contributed by atoms with Gasteiger partial charge in [-0.25, -0.2) is 14.4 Å². The third-order valence-electron chi connectivity index (χ3n) is 16.0. The number of fused-ring (bicyclic) bond motifs is 3. The summed E-state index contributed by atoms with van der Waals surface area (Å²) in [5, 5.41) is 11.6. The molecule has 8 aliphatic rings. The first kappa shape index (κ1) is 56.3. The number of benzene rings is 3. The molecule has 4 atom stereocenters. The Balaban J connectivity index is 0.000000145. The predicted octanol–water partition coefficient (Wildman–Crippen LogP) is 8.36. The summed E-state index contributed by atoms with van der Waals surface area (Å²) in [6.07, 6.45) is 13.8. The monoisotopic (exact) mass is 1010 g/mol. The molecule has 15 nitrogen and oxygen atoms in total. The lowest BCUT2D eigenvalue weighted by atomic mass is 9.82. The molecule has 0 aromatic heterocycles. The van der Waals surface area contributed by atoms with E-state index in [0.717, 1.165) is 94.7 Å². The molecule has 7 heterocycles. The Morgan fingerprint density at radius 1 is 0.473 bits per heavy atom. The summed E-state index contributed by atoms with van der Waals surface area (Å²) >= 11 is 0. The van der Waals surface area contributed by atoms with Crippen LogP contribution in [0.5, 0.6) is 0 Å². The molecule has 11 rings (SSSR count). The first-order valence-electron chi connectivity index (χ1n) is 27.1. The number of rotatable bonds is 3. The summed E-state index contributed by atoms with van der Waals surface area (Å²) in [5.41, 5.74) is 14.4. The fourth-order valence-electron chi connectivity index (χ4n) is 11.3. The molecule has 3 aromatic carbocycles. The number of anilines is 3. The highest BCUT2D eigenvalue weighted by atomic mass is 16.5. The number of urea groups is 3. The van der Waals surface area contributed by atoms with Crippen LogP contribution in [0.2, 0.25) is 0 Å². The summed E-state index contributed by atoms with van der Waals surface area (Å²) in [6.45, 7) is 13.0. The van der Waals surface area contributed by atoms with E-state index in [0.29, 0.717) is 62.4 Å². The predicted molar refractivity (Wildman–Crippen MR) is 295 cm³/mol. The van der Waals surface area contributed by atoms with Crippen molar-refractivity contribution in [1.29, 1.82) is 0 Å². The smallest absolute Gasteiger partial charge is 0.321 e.